The zero-order chi connectivity index (χ0) is 9.10. The molecule has 0 amide bonds. The minimum atomic E-state index is 0.554. The van der Waals surface area contributed by atoms with Gasteiger partial charge in [-0.15, -0.1) is 0 Å². The van der Waals surface area contributed by atoms with Crippen molar-refractivity contribution in [1.82, 2.24) is 0 Å². The van der Waals surface area contributed by atoms with Gasteiger partial charge in [-0.1, -0.05) is 41.6 Å². The second kappa shape index (κ2) is 4.79. The molecule has 2 aliphatic carbocycles. The highest BCUT2D eigenvalue weighted by atomic mass is 79.9. The van der Waals surface area contributed by atoms with Gasteiger partial charge in [0.25, 0.3) is 0 Å². The molecule has 0 radical (unpaired) electrons. The summed E-state index contributed by atoms with van der Waals surface area (Å²) < 4.78 is 5.65. The summed E-state index contributed by atoms with van der Waals surface area (Å²) in [7, 11) is 0. The van der Waals surface area contributed by atoms with Crippen molar-refractivity contribution in [3.8, 4) is 0 Å². The Balaban J connectivity index is 1.84. The van der Waals surface area contributed by atoms with E-state index in [1.807, 2.05) is 0 Å². The molecule has 2 saturated carbocycles. The molecule has 0 saturated heterocycles. The summed E-state index contributed by atoms with van der Waals surface area (Å²) in [6.07, 6.45) is 10.5. The lowest BCUT2D eigenvalue weighted by atomic mass is 9.70. The van der Waals surface area contributed by atoms with E-state index in [0.717, 1.165) is 17.4 Å². The van der Waals surface area contributed by atoms with Crippen LogP contribution in [-0.4, -0.2) is 11.6 Å². The Hall–Kier alpha value is 0.440. The molecule has 0 aromatic carbocycles. The molecule has 0 aromatic heterocycles. The number of alkyl halides is 1. The van der Waals surface area contributed by atoms with Gasteiger partial charge in [-0.25, -0.2) is 0 Å². The van der Waals surface area contributed by atoms with Crippen molar-refractivity contribution in [3.63, 3.8) is 0 Å². The van der Waals surface area contributed by atoms with Gasteiger partial charge in [0.1, 0.15) is 5.52 Å². The molecule has 0 N–H and O–H groups in total. The Labute approximate surface area is 89.4 Å². The standard InChI is InChI=1S/C11H19BrO/c12-8-13-11-6-5-9-3-1-2-4-10(9)7-11/h9-11H,1-8H2. The first-order chi connectivity index (χ1) is 6.40. The van der Waals surface area contributed by atoms with Crippen LogP contribution in [0.2, 0.25) is 0 Å². The van der Waals surface area contributed by atoms with Gasteiger partial charge in [0, 0.05) is 0 Å². The van der Waals surface area contributed by atoms with Gasteiger partial charge in [0.05, 0.1) is 6.10 Å². The Morgan fingerprint density at radius 2 is 1.77 bits per heavy atom. The van der Waals surface area contributed by atoms with Gasteiger partial charge in [0.2, 0.25) is 0 Å². The summed E-state index contributed by atoms with van der Waals surface area (Å²) in [6.45, 7) is 0. The highest BCUT2D eigenvalue weighted by Crippen LogP contribution is 2.41. The Morgan fingerprint density at radius 1 is 1.00 bits per heavy atom. The highest BCUT2D eigenvalue weighted by Gasteiger charge is 2.32. The quantitative estimate of drug-likeness (QED) is 0.676. The third-order valence-corrected chi connectivity index (χ3v) is 4.05. The van der Waals surface area contributed by atoms with Gasteiger partial charge in [0.15, 0.2) is 0 Å². The van der Waals surface area contributed by atoms with E-state index in [9.17, 15) is 0 Å². The fourth-order valence-corrected chi connectivity index (χ4v) is 3.44. The highest BCUT2D eigenvalue weighted by molar-refractivity contribution is 9.09. The smallest absolute Gasteiger partial charge is 0.102 e. The van der Waals surface area contributed by atoms with Gasteiger partial charge in [-0.05, 0) is 31.1 Å². The minimum absolute atomic E-state index is 0.554. The summed E-state index contributed by atoms with van der Waals surface area (Å²) in [4.78, 5) is 0. The van der Waals surface area contributed by atoms with Crippen LogP contribution in [-0.2, 0) is 4.74 Å². The maximum atomic E-state index is 5.65. The van der Waals surface area contributed by atoms with Crippen LogP contribution in [0.1, 0.15) is 44.9 Å². The molecule has 0 bridgehead atoms. The van der Waals surface area contributed by atoms with E-state index in [2.05, 4.69) is 15.9 Å². The van der Waals surface area contributed by atoms with E-state index in [-0.39, 0.29) is 0 Å². The fourth-order valence-electron chi connectivity index (χ4n) is 3.07. The van der Waals surface area contributed by atoms with E-state index < -0.39 is 0 Å². The minimum Gasteiger partial charge on any atom is -0.367 e. The summed E-state index contributed by atoms with van der Waals surface area (Å²) in [5.74, 6) is 2.04. The van der Waals surface area contributed by atoms with Crippen LogP contribution in [0.4, 0.5) is 0 Å². The topological polar surface area (TPSA) is 9.23 Å². The molecule has 76 valence electrons. The van der Waals surface area contributed by atoms with Crippen molar-refractivity contribution in [2.45, 2.75) is 51.0 Å². The van der Waals surface area contributed by atoms with Crippen LogP contribution in [0, 0.1) is 11.8 Å². The van der Waals surface area contributed by atoms with Crippen LogP contribution < -0.4 is 0 Å². The molecule has 0 aliphatic heterocycles. The monoisotopic (exact) mass is 246 g/mol. The average Bonchev–Trinajstić information content (AvgIpc) is 2.18. The molecule has 0 spiro atoms. The maximum absolute atomic E-state index is 5.65. The van der Waals surface area contributed by atoms with Crippen LogP contribution >= 0.6 is 15.9 Å². The Bertz CT molecular complexity index is 160. The molecule has 2 fully saturated rings. The maximum Gasteiger partial charge on any atom is 0.102 e. The summed E-state index contributed by atoms with van der Waals surface area (Å²) in [5.41, 5.74) is 0.717. The lowest BCUT2D eigenvalue weighted by Gasteiger charge is -2.38. The van der Waals surface area contributed by atoms with Crippen LogP contribution in [0.5, 0.6) is 0 Å². The largest absolute Gasteiger partial charge is 0.367 e. The zero-order valence-electron chi connectivity index (χ0n) is 8.18. The number of ether oxygens (including phenoxy) is 1. The zero-order valence-corrected chi connectivity index (χ0v) is 9.76. The van der Waals surface area contributed by atoms with Gasteiger partial charge < -0.3 is 4.74 Å². The van der Waals surface area contributed by atoms with E-state index in [1.165, 1.54) is 44.9 Å². The van der Waals surface area contributed by atoms with Gasteiger partial charge in [-0.3, -0.25) is 0 Å². The first kappa shape index (κ1) is 9.97. The number of fused-ring (bicyclic) bond motifs is 1. The van der Waals surface area contributed by atoms with Crippen molar-refractivity contribution >= 4 is 15.9 Å². The number of rotatable bonds is 2. The number of hydrogen-bond acceptors (Lipinski definition) is 1. The third-order valence-electron chi connectivity index (χ3n) is 3.79. The molecule has 2 heteroatoms. The number of hydrogen-bond donors (Lipinski definition) is 0. The van der Waals surface area contributed by atoms with Crippen molar-refractivity contribution in [3.05, 3.63) is 0 Å². The Kier molecular flexibility index (Phi) is 3.67. The van der Waals surface area contributed by atoms with Crippen molar-refractivity contribution in [2.75, 3.05) is 5.52 Å². The first-order valence-corrected chi connectivity index (χ1v) is 6.70. The molecule has 0 aromatic rings. The normalized spacial score (nSPS) is 39.9. The fraction of sp³-hybridized carbons (Fsp3) is 1.00. The first-order valence-electron chi connectivity index (χ1n) is 5.57. The molecular weight excluding hydrogens is 228 g/mol. The SMILES string of the molecule is BrCOC1CCC2CCCCC2C1. The van der Waals surface area contributed by atoms with Crippen LogP contribution in [0.15, 0.2) is 0 Å². The molecule has 0 heterocycles. The van der Waals surface area contributed by atoms with Crippen molar-refractivity contribution in [2.24, 2.45) is 11.8 Å². The van der Waals surface area contributed by atoms with Gasteiger partial charge >= 0.3 is 0 Å². The second-order valence-corrected chi connectivity index (χ2v) is 4.97. The van der Waals surface area contributed by atoms with Crippen molar-refractivity contribution < 1.29 is 4.74 Å². The molecule has 3 unspecified atom stereocenters. The van der Waals surface area contributed by atoms with Gasteiger partial charge in [-0.2, -0.15) is 0 Å². The average molecular weight is 247 g/mol. The van der Waals surface area contributed by atoms with E-state index >= 15 is 0 Å². The molecular formula is C11H19BrO. The predicted molar refractivity (Wildman–Crippen MR) is 58.0 cm³/mol. The third kappa shape index (κ3) is 2.47. The lowest BCUT2D eigenvalue weighted by Crippen LogP contribution is -2.31. The molecule has 3 atom stereocenters. The molecule has 2 aliphatic rings. The summed E-state index contributed by atoms with van der Waals surface area (Å²) >= 11 is 3.35. The molecule has 1 nitrogen and oxygen atoms in total. The van der Waals surface area contributed by atoms with E-state index in [0.29, 0.717) is 6.10 Å². The summed E-state index contributed by atoms with van der Waals surface area (Å²) in [5, 5.41) is 0. The summed E-state index contributed by atoms with van der Waals surface area (Å²) in [6, 6.07) is 0. The Morgan fingerprint density at radius 3 is 2.54 bits per heavy atom. The van der Waals surface area contributed by atoms with E-state index in [1.54, 1.807) is 0 Å². The lowest BCUT2D eigenvalue weighted by molar-refractivity contribution is 0.0100. The van der Waals surface area contributed by atoms with E-state index in [4.69, 9.17) is 4.74 Å². The van der Waals surface area contributed by atoms with Crippen LogP contribution in [0.25, 0.3) is 0 Å². The second-order valence-electron chi connectivity index (χ2n) is 4.52. The van der Waals surface area contributed by atoms with Crippen molar-refractivity contribution in [1.29, 1.82) is 0 Å². The van der Waals surface area contributed by atoms with Crippen LogP contribution in [0.3, 0.4) is 0 Å². The predicted octanol–water partition coefficient (Wildman–Crippen LogP) is 3.71. The molecule has 2 rings (SSSR count). The number of halogens is 1. The molecule has 13 heavy (non-hydrogen) atoms.